The Morgan fingerprint density at radius 3 is 2.93 bits per heavy atom. The maximum absolute atomic E-state index is 13.0. The van der Waals surface area contributed by atoms with Crippen LogP contribution in [0.2, 0.25) is 0 Å². The molecule has 46 heavy (non-hydrogen) atoms. The molecule has 246 valence electrons. The molecule has 0 radical (unpaired) electrons. The summed E-state index contributed by atoms with van der Waals surface area (Å²) < 4.78 is 25.8. The van der Waals surface area contributed by atoms with E-state index >= 15 is 0 Å². The molecule has 1 amide bonds. The Morgan fingerprint density at radius 1 is 1.35 bits per heavy atom. The molecule has 6 atom stereocenters. The van der Waals surface area contributed by atoms with E-state index in [-0.39, 0.29) is 29.9 Å². The van der Waals surface area contributed by atoms with Crippen LogP contribution < -0.4 is 40.8 Å². The first-order chi connectivity index (χ1) is 22.2. The van der Waals surface area contributed by atoms with Gasteiger partial charge in [0.1, 0.15) is 41.8 Å². The first kappa shape index (κ1) is 30.5. The van der Waals surface area contributed by atoms with Crippen LogP contribution in [0.5, 0.6) is 17.2 Å². The predicted octanol–water partition coefficient (Wildman–Crippen LogP) is 0.110. The number of methoxy groups -OCH3 is 1. The van der Waals surface area contributed by atoms with E-state index in [9.17, 15) is 19.8 Å². The molecule has 5 aliphatic rings. The topological polar surface area (TPSA) is 195 Å². The van der Waals surface area contributed by atoms with Gasteiger partial charge in [0.25, 0.3) is 0 Å². The number of hydrogen-bond donors (Lipinski definition) is 6. The van der Waals surface area contributed by atoms with Crippen molar-refractivity contribution in [3.05, 3.63) is 47.0 Å². The van der Waals surface area contributed by atoms with Gasteiger partial charge in [-0.05, 0) is 44.8 Å². The summed E-state index contributed by atoms with van der Waals surface area (Å²) >= 11 is 0. The van der Waals surface area contributed by atoms with Gasteiger partial charge >= 0.3 is 5.97 Å². The van der Waals surface area contributed by atoms with Crippen LogP contribution in [0, 0.1) is 0 Å². The molecule has 1 saturated carbocycles. The summed E-state index contributed by atoms with van der Waals surface area (Å²) in [4.78, 5) is 32.0. The number of benzene rings is 1. The standard InChI is InChI=1S/C31H39N7O8/c1-4-44-28(41)18-12-15(7-10-37-11-9-33-30(37)38-14-34-21-26(38)35-29(32)36-27(21)40)19-22(45-18)17(13-39)23-20(24(19)43-3)16-6-5-8-31(2,42)25(16)46-23/h7,9,11-12,16,21,25-26,29,34-35,39,42H,4-6,8,10,13-14,32H2,1-3H3,(H,36,40)/b15-7+/t16-,21-,25+,26+,29+,31-/m1/s1. The summed E-state index contributed by atoms with van der Waals surface area (Å²) in [7, 11) is 1.56. The number of nitrogens with one attached hydrogen (secondary N) is 3. The molecule has 0 unspecified atom stereocenters. The number of carbonyl (C=O) groups is 2. The van der Waals surface area contributed by atoms with Crippen molar-refractivity contribution in [2.45, 2.75) is 82.4 Å². The first-order valence-electron chi connectivity index (χ1n) is 15.5. The average molecular weight is 638 g/mol. The van der Waals surface area contributed by atoms with Gasteiger partial charge in [0, 0.05) is 30.4 Å². The van der Waals surface area contributed by atoms with Gasteiger partial charge in [0.05, 0.1) is 43.7 Å². The van der Waals surface area contributed by atoms with Crippen LogP contribution in [0.3, 0.4) is 0 Å². The van der Waals surface area contributed by atoms with Gasteiger partial charge in [-0.1, -0.05) is 6.08 Å². The number of carbonyl (C=O) groups excluding carboxylic acids is 2. The van der Waals surface area contributed by atoms with Crippen molar-refractivity contribution in [1.82, 2.24) is 25.5 Å². The number of aromatic nitrogens is 2. The van der Waals surface area contributed by atoms with Crippen LogP contribution in [0.15, 0.2) is 30.3 Å². The molecule has 1 aliphatic carbocycles. The number of allylic oxidation sites excluding steroid dienone is 3. The van der Waals surface area contributed by atoms with Crippen LogP contribution in [0.25, 0.3) is 5.57 Å². The second kappa shape index (κ2) is 11.6. The van der Waals surface area contributed by atoms with Gasteiger partial charge < -0.3 is 43.9 Å². The molecule has 0 bridgehead atoms. The van der Waals surface area contributed by atoms with Crippen molar-refractivity contribution in [2.24, 2.45) is 5.73 Å². The lowest BCUT2D eigenvalue weighted by molar-refractivity contribution is -0.141. The van der Waals surface area contributed by atoms with E-state index in [0.29, 0.717) is 53.8 Å². The maximum atomic E-state index is 13.0. The summed E-state index contributed by atoms with van der Waals surface area (Å²) in [6.07, 6.45) is 7.54. The Morgan fingerprint density at radius 2 is 2.17 bits per heavy atom. The number of imidazole rings is 1. The van der Waals surface area contributed by atoms with Crippen LogP contribution in [0.4, 0.5) is 5.95 Å². The second-order valence-electron chi connectivity index (χ2n) is 12.3. The highest BCUT2D eigenvalue weighted by Crippen LogP contribution is 2.59. The number of hydrogen-bond acceptors (Lipinski definition) is 13. The lowest BCUT2D eigenvalue weighted by atomic mass is 9.74. The summed E-state index contributed by atoms with van der Waals surface area (Å²) in [5, 5.41) is 31.0. The first-order valence-corrected chi connectivity index (χ1v) is 15.5. The Hall–Kier alpha value is -4.15. The minimum Gasteiger partial charge on any atom is -0.496 e. The highest BCUT2D eigenvalue weighted by molar-refractivity contribution is 5.96. The van der Waals surface area contributed by atoms with E-state index in [2.05, 4.69) is 20.9 Å². The lowest BCUT2D eigenvalue weighted by Gasteiger charge is -2.37. The minimum atomic E-state index is -1.08. The fourth-order valence-electron chi connectivity index (χ4n) is 7.39. The monoisotopic (exact) mass is 637 g/mol. The number of esters is 1. The molecule has 7 N–H and O–H groups in total. The molecule has 5 heterocycles. The molecule has 1 aromatic carbocycles. The molecular weight excluding hydrogens is 598 g/mol. The van der Waals surface area contributed by atoms with Crippen molar-refractivity contribution in [2.75, 3.05) is 25.3 Å². The predicted molar refractivity (Wildman–Crippen MR) is 163 cm³/mol. The zero-order chi connectivity index (χ0) is 32.3. The number of nitrogens with zero attached hydrogens (tertiary/aromatic N) is 3. The smallest absolute Gasteiger partial charge is 0.374 e. The quantitative estimate of drug-likeness (QED) is 0.224. The fourth-order valence-corrected chi connectivity index (χ4v) is 7.39. The Labute approximate surface area is 265 Å². The molecule has 0 spiro atoms. The molecule has 2 saturated heterocycles. The lowest BCUT2D eigenvalue weighted by Crippen LogP contribution is -2.70. The molecule has 3 fully saturated rings. The van der Waals surface area contributed by atoms with E-state index < -0.39 is 42.8 Å². The van der Waals surface area contributed by atoms with Crippen LogP contribution in [-0.4, -0.2) is 82.2 Å². The van der Waals surface area contributed by atoms with Crippen molar-refractivity contribution >= 4 is 23.4 Å². The largest absolute Gasteiger partial charge is 0.496 e. The number of amides is 1. The summed E-state index contributed by atoms with van der Waals surface area (Å²) in [6.45, 7) is 3.87. The van der Waals surface area contributed by atoms with Crippen molar-refractivity contribution < 1.29 is 38.7 Å². The second-order valence-corrected chi connectivity index (χ2v) is 12.3. The summed E-state index contributed by atoms with van der Waals surface area (Å²) in [5.41, 5.74) is 7.23. The number of aliphatic hydroxyl groups excluding tert-OH is 1. The number of rotatable bonds is 7. The van der Waals surface area contributed by atoms with E-state index in [4.69, 9.17) is 24.7 Å². The van der Waals surface area contributed by atoms with Crippen molar-refractivity contribution in [3.63, 3.8) is 0 Å². The highest BCUT2D eigenvalue weighted by Gasteiger charge is 2.52. The zero-order valence-electron chi connectivity index (χ0n) is 25.9. The molecule has 15 heteroatoms. The number of nitrogens with two attached hydrogens (primary N) is 1. The molecule has 7 rings (SSSR count). The molecule has 1 aromatic heterocycles. The molecule has 15 nitrogen and oxygen atoms in total. The highest BCUT2D eigenvalue weighted by atomic mass is 16.6. The summed E-state index contributed by atoms with van der Waals surface area (Å²) in [5.74, 6) is 0.682. The zero-order valence-corrected chi connectivity index (χ0v) is 25.9. The minimum absolute atomic E-state index is 0.0523. The van der Waals surface area contributed by atoms with Crippen LogP contribution in [-0.2, 0) is 27.5 Å². The Kier molecular flexibility index (Phi) is 7.68. The van der Waals surface area contributed by atoms with Gasteiger partial charge in [0.2, 0.25) is 17.6 Å². The van der Waals surface area contributed by atoms with E-state index in [1.165, 1.54) is 0 Å². The van der Waals surface area contributed by atoms with E-state index in [1.807, 2.05) is 21.7 Å². The molecular formula is C31H39N7O8. The molecule has 4 aliphatic heterocycles. The third kappa shape index (κ3) is 4.81. The summed E-state index contributed by atoms with van der Waals surface area (Å²) in [6, 6.07) is -0.504. The Bertz CT molecular complexity index is 1630. The Balaban J connectivity index is 1.32. The van der Waals surface area contributed by atoms with Gasteiger partial charge in [-0.25, -0.2) is 9.78 Å². The normalized spacial score (nSPS) is 30.3. The number of anilines is 1. The van der Waals surface area contributed by atoms with E-state index in [1.54, 1.807) is 33.2 Å². The number of fused-ring (bicyclic) bond motifs is 5. The van der Waals surface area contributed by atoms with E-state index in [0.717, 1.165) is 18.4 Å². The van der Waals surface area contributed by atoms with Crippen molar-refractivity contribution in [1.29, 1.82) is 0 Å². The van der Waals surface area contributed by atoms with Gasteiger partial charge in [0.15, 0.2) is 0 Å². The van der Waals surface area contributed by atoms with Crippen LogP contribution >= 0.6 is 0 Å². The van der Waals surface area contributed by atoms with Gasteiger partial charge in [-0.3, -0.25) is 21.2 Å². The SMILES string of the molecule is CCOC(=O)C1=C/C(=C\Cn2ccnc2N2CN[C@H]3C(=O)N[C@@H](N)N[C@H]32)c2c(c(CO)c3c(c2OC)[C@H]2CCC[C@@](C)(O)[C@H]2O3)O1. The van der Waals surface area contributed by atoms with Gasteiger partial charge in [-0.15, -0.1) is 0 Å². The third-order valence-corrected chi connectivity index (χ3v) is 9.43. The number of ether oxygens (including phenoxy) is 4. The maximum Gasteiger partial charge on any atom is 0.374 e. The van der Waals surface area contributed by atoms with Crippen LogP contribution in [0.1, 0.15) is 55.7 Å². The molecule has 2 aromatic rings. The van der Waals surface area contributed by atoms with Gasteiger partial charge in [-0.2, -0.15) is 0 Å². The fraction of sp³-hybridized carbons (Fsp3) is 0.516. The van der Waals surface area contributed by atoms with Crippen molar-refractivity contribution in [3.8, 4) is 17.2 Å². The average Bonchev–Trinajstić information content (AvgIpc) is 3.76. The number of aliphatic hydroxyl groups is 2. The third-order valence-electron chi connectivity index (χ3n) is 9.43.